The van der Waals surface area contributed by atoms with Crippen molar-refractivity contribution in [3.63, 3.8) is 0 Å². The van der Waals surface area contributed by atoms with Gasteiger partial charge in [-0.3, -0.25) is 4.79 Å². The molecule has 1 saturated heterocycles. The number of methoxy groups -OCH3 is 2. The molecule has 1 aliphatic rings. The largest absolute Gasteiger partial charge is 0.496 e. The molecule has 1 aromatic carbocycles. The molecule has 0 spiro atoms. The SMILES string of the molecule is CCc1cc(OC)c(C2CC(C(=O)O)CN2)cc1OC. The van der Waals surface area contributed by atoms with Crippen molar-refractivity contribution in [3.8, 4) is 11.5 Å². The fourth-order valence-corrected chi connectivity index (χ4v) is 2.69. The first-order chi connectivity index (χ1) is 9.60. The molecule has 0 saturated carbocycles. The number of ether oxygens (including phenoxy) is 2. The van der Waals surface area contributed by atoms with Crippen molar-refractivity contribution in [3.05, 3.63) is 23.3 Å². The van der Waals surface area contributed by atoms with Crippen LogP contribution in [-0.4, -0.2) is 31.8 Å². The van der Waals surface area contributed by atoms with E-state index in [-0.39, 0.29) is 12.0 Å². The van der Waals surface area contributed by atoms with Crippen molar-refractivity contribution in [2.24, 2.45) is 5.92 Å². The minimum atomic E-state index is -0.754. The first-order valence-electron chi connectivity index (χ1n) is 6.81. The Balaban J connectivity index is 2.33. The van der Waals surface area contributed by atoms with E-state index in [4.69, 9.17) is 14.6 Å². The van der Waals surface area contributed by atoms with Crippen LogP contribution in [0.2, 0.25) is 0 Å². The topological polar surface area (TPSA) is 67.8 Å². The van der Waals surface area contributed by atoms with E-state index in [9.17, 15) is 4.79 Å². The number of rotatable bonds is 5. The summed E-state index contributed by atoms with van der Waals surface area (Å²) in [4.78, 5) is 11.1. The van der Waals surface area contributed by atoms with Gasteiger partial charge in [0, 0.05) is 18.2 Å². The summed E-state index contributed by atoms with van der Waals surface area (Å²) in [6, 6.07) is 3.93. The van der Waals surface area contributed by atoms with E-state index in [0.717, 1.165) is 29.0 Å². The summed E-state index contributed by atoms with van der Waals surface area (Å²) in [5.74, 6) is 0.507. The molecule has 5 heteroatoms. The fourth-order valence-electron chi connectivity index (χ4n) is 2.69. The second-order valence-electron chi connectivity index (χ2n) is 4.99. The standard InChI is InChI=1S/C15H21NO4/c1-4-9-6-14(20-3)11(7-13(9)19-2)12-5-10(8-16-12)15(17)18/h6-7,10,12,16H,4-5,8H2,1-3H3,(H,17,18). The van der Waals surface area contributed by atoms with Gasteiger partial charge in [-0.1, -0.05) is 6.92 Å². The van der Waals surface area contributed by atoms with Gasteiger partial charge < -0.3 is 19.9 Å². The van der Waals surface area contributed by atoms with Gasteiger partial charge in [-0.25, -0.2) is 0 Å². The summed E-state index contributed by atoms with van der Waals surface area (Å²) in [7, 11) is 3.28. The molecule has 0 amide bonds. The Labute approximate surface area is 118 Å². The highest BCUT2D eigenvalue weighted by Crippen LogP contribution is 2.37. The highest BCUT2D eigenvalue weighted by atomic mass is 16.5. The molecule has 2 atom stereocenters. The van der Waals surface area contributed by atoms with Crippen molar-refractivity contribution in [1.29, 1.82) is 0 Å². The van der Waals surface area contributed by atoms with E-state index in [2.05, 4.69) is 12.2 Å². The Morgan fingerprint density at radius 3 is 2.55 bits per heavy atom. The lowest BCUT2D eigenvalue weighted by Crippen LogP contribution is -2.17. The summed E-state index contributed by atoms with van der Waals surface area (Å²) >= 11 is 0. The van der Waals surface area contributed by atoms with Crippen LogP contribution in [0, 0.1) is 5.92 Å². The van der Waals surface area contributed by atoms with Crippen LogP contribution < -0.4 is 14.8 Å². The first kappa shape index (κ1) is 14.7. The third kappa shape index (κ3) is 2.72. The molecule has 5 nitrogen and oxygen atoms in total. The highest BCUT2D eigenvalue weighted by molar-refractivity contribution is 5.71. The summed E-state index contributed by atoms with van der Waals surface area (Å²) < 4.78 is 10.9. The number of carboxylic acids is 1. The Hall–Kier alpha value is -1.75. The molecule has 2 rings (SSSR count). The van der Waals surface area contributed by atoms with Gasteiger partial charge in [0.25, 0.3) is 0 Å². The van der Waals surface area contributed by atoms with E-state index >= 15 is 0 Å². The molecule has 0 radical (unpaired) electrons. The van der Waals surface area contributed by atoms with Gasteiger partial charge in [0.15, 0.2) is 0 Å². The third-order valence-electron chi connectivity index (χ3n) is 3.87. The van der Waals surface area contributed by atoms with Crippen LogP contribution in [0.3, 0.4) is 0 Å². The molecular formula is C15H21NO4. The maximum absolute atomic E-state index is 11.1. The van der Waals surface area contributed by atoms with Crippen LogP contribution in [0.15, 0.2) is 12.1 Å². The number of hydrogen-bond acceptors (Lipinski definition) is 4. The van der Waals surface area contributed by atoms with Gasteiger partial charge in [0.1, 0.15) is 11.5 Å². The minimum absolute atomic E-state index is 0.00847. The zero-order valence-electron chi connectivity index (χ0n) is 12.1. The summed E-state index contributed by atoms with van der Waals surface area (Å²) in [6.07, 6.45) is 1.43. The lowest BCUT2D eigenvalue weighted by Gasteiger charge is -2.18. The average Bonchev–Trinajstić information content (AvgIpc) is 2.95. The number of aryl methyl sites for hydroxylation is 1. The number of benzene rings is 1. The number of aliphatic carboxylic acids is 1. The zero-order chi connectivity index (χ0) is 14.7. The predicted octanol–water partition coefficient (Wildman–Crippen LogP) is 2.00. The Morgan fingerprint density at radius 2 is 2.05 bits per heavy atom. The van der Waals surface area contributed by atoms with Gasteiger partial charge in [-0.05, 0) is 30.5 Å². The van der Waals surface area contributed by atoms with Crippen LogP contribution in [0.4, 0.5) is 0 Å². The zero-order valence-corrected chi connectivity index (χ0v) is 12.1. The lowest BCUT2D eigenvalue weighted by atomic mass is 9.97. The predicted molar refractivity (Wildman–Crippen MR) is 75.4 cm³/mol. The molecule has 0 aliphatic carbocycles. The van der Waals surface area contributed by atoms with Crippen molar-refractivity contribution in [1.82, 2.24) is 5.32 Å². The molecular weight excluding hydrogens is 258 g/mol. The molecule has 20 heavy (non-hydrogen) atoms. The summed E-state index contributed by atoms with van der Waals surface area (Å²) in [5, 5.41) is 12.3. The van der Waals surface area contributed by atoms with Crippen LogP contribution >= 0.6 is 0 Å². The fraction of sp³-hybridized carbons (Fsp3) is 0.533. The van der Waals surface area contributed by atoms with Gasteiger partial charge in [-0.2, -0.15) is 0 Å². The lowest BCUT2D eigenvalue weighted by molar-refractivity contribution is -0.141. The minimum Gasteiger partial charge on any atom is -0.496 e. The number of carboxylic acid groups (broad SMARTS) is 1. The number of hydrogen-bond donors (Lipinski definition) is 2. The van der Waals surface area contributed by atoms with Crippen molar-refractivity contribution >= 4 is 5.97 Å². The molecule has 1 aliphatic heterocycles. The van der Waals surface area contributed by atoms with E-state index in [1.807, 2.05) is 12.1 Å². The Kier molecular flexibility index (Phi) is 4.49. The van der Waals surface area contributed by atoms with E-state index < -0.39 is 5.97 Å². The first-order valence-corrected chi connectivity index (χ1v) is 6.81. The summed E-state index contributed by atoms with van der Waals surface area (Å²) in [5.41, 5.74) is 2.05. The highest BCUT2D eigenvalue weighted by Gasteiger charge is 2.32. The maximum atomic E-state index is 11.1. The van der Waals surface area contributed by atoms with E-state index in [1.54, 1.807) is 14.2 Å². The van der Waals surface area contributed by atoms with Crippen molar-refractivity contribution < 1.29 is 19.4 Å². The number of carbonyl (C=O) groups is 1. The number of nitrogens with one attached hydrogen (secondary N) is 1. The van der Waals surface area contributed by atoms with Gasteiger partial charge in [-0.15, -0.1) is 0 Å². The molecule has 1 heterocycles. The Bertz CT molecular complexity index is 501. The molecule has 0 bridgehead atoms. The van der Waals surface area contributed by atoms with E-state index in [0.29, 0.717) is 13.0 Å². The molecule has 1 fully saturated rings. The van der Waals surface area contributed by atoms with E-state index in [1.165, 1.54) is 0 Å². The maximum Gasteiger partial charge on any atom is 0.307 e. The molecule has 110 valence electrons. The summed E-state index contributed by atoms with van der Waals surface area (Å²) in [6.45, 7) is 2.55. The second kappa shape index (κ2) is 6.13. The van der Waals surface area contributed by atoms with Crippen LogP contribution in [-0.2, 0) is 11.2 Å². The quantitative estimate of drug-likeness (QED) is 0.863. The van der Waals surface area contributed by atoms with Crippen molar-refractivity contribution in [2.45, 2.75) is 25.8 Å². The third-order valence-corrected chi connectivity index (χ3v) is 3.87. The average molecular weight is 279 g/mol. The second-order valence-corrected chi connectivity index (χ2v) is 4.99. The van der Waals surface area contributed by atoms with Crippen LogP contribution in [0.1, 0.15) is 30.5 Å². The molecule has 2 N–H and O–H groups in total. The Morgan fingerprint density at radius 1 is 1.35 bits per heavy atom. The monoisotopic (exact) mass is 279 g/mol. The van der Waals surface area contributed by atoms with Gasteiger partial charge >= 0.3 is 5.97 Å². The van der Waals surface area contributed by atoms with Crippen LogP contribution in [0.25, 0.3) is 0 Å². The molecule has 0 aromatic heterocycles. The molecule has 1 aromatic rings. The van der Waals surface area contributed by atoms with Gasteiger partial charge in [0.05, 0.1) is 20.1 Å². The molecule has 2 unspecified atom stereocenters. The normalized spacial score (nSPS) is 21.8. The van der Waals surface area contributed by atoms with Crippen LogP contribution in [0.5, 0.6) is 11.5 Å². The smallest absolute Gasteiger partial charge is 0.307 e. The van der Waals surface area contributed by atoms with Gasteiger partial charge in [0.2, 0.25) is 0 Å². The van der Waals surface area contributed by atoms with Crippen molar-refractivity contribution in [2.75, 3.05) is 20.8 Å².